The van der Waals surface area contributed by atoms with Gasteiger partial charge in [-0.05, 0) is 24.1 Å². The van der Waals surface area contributed by atoms with Gasteiger partial charge >= 0.3 is 5.63 Å². The molecule has 1 aromatic carbocycles. The van der Waals surface area contributed by atoms with E-state index in [0.29, 0.717) is 12.0 Å². The zero-order valence-corrected chi connectivity index (χ0v) is 8.32. The molecule has 2 aromatic rings. The fraction of sp³-hybridized carbons (Fsp3) is 0.167. The third kappa shape index (κ3) is 1.81. The topological polar surface area (TPSA) is 47.3 Å². The van der Waals surface area contributed by atoms with E-state index < -0.39 is 0 Å². The number of hydrogen-bond acceptors (Lipinski definition) is 3. The average molecular weight is 202 g/mol. The molecule has 0 amide bonds. The molecule has 0 atom stereocenters. The quantitative estimate of drug-likeness (QED) is 0.551. The summed E-state index contributed by atoms with van der Waals surface area (Å²) in [5.41, 5.74) is 1.92. The molecular formula is C12H10O3. The highest BCUT2D eigenvalue weighted by atomic mass is 16.4. The maximum atomic E-state index is 11.1. The van der Waals surface area contributed by atoms with Crippen molar-refractivity contribution in [2.24, 2.45) is 0 Å². The molecule has 0 saturated carbocycles. The third-order valence-corrected chi connectivity index (χ3v) is 2.33. The van der Waals surface area contributed by atoms with Gasteiger partial charge in [0, 0.05) is 17.9 Å². The smallest absolute Gasteiger partial charge is 0.336 e. The van der Waals surface area contributed by atoms with Crippen LogP contribution in [0.4, 0.5) is 0 Å². The lowest BCUT2D eigenvalue weighted by molar-refractivity contribution is -0.107. The summed E-state index contributed by atoms with van der Waals surface area (Å²) < 4.78 is 5.06. The van der Waals surface area contributed by atoms with Crippen LogP contribution in [-0.4, -0.2) is 6.29 Å². The maximum Gasteiger partial charge on any atom is 0.336 e. The van der Waals surface area contributed by atoms with Crippen molar-refractivity contribution in [3.8, 4) is 0 Å². The Morgan fingerprint density at radius 3 is 2.87 bits per heavy atom. The Bertz CT molecular complexity index is 567. The number of aryl methyl sites for hydroxylation is 1. The molecule has 0 aliphatic heterocycles. The van der Waals surface area contributed by atoms with E-state index in [-0.39, 0.29) is 5.63 Å². The van der Waals surface area contributed by atoms with Crippen LogP contribution in [0.25, 0.3) is 11.0 Å². The molecule has 0 aliphatic carbocycles. The molecule has 0 bridgehead atoms. The molecule has 0 N–H and O–H groups in total. The number of rotatable bonds is 2. The van der Waals surface area contributed by atoms with Crippen LogP contribution >= 0.6 is 0 Å². The molecule has 2 rings (SSSR count). The lowest BCUT2D eigenvalue weighted by Gasteiger charge is -2.01. The number of carbonyl (C=O) groups excluding carboxylic acids is 1. The van der Waals surface area contributed by atoms with Gasteiger partial charge < -0.3 is 9.21 Å². The Balaban J connectivity index is 2.70. The number of aldehydes is 1. The Kier molecular flexibility index (Phi) is 2.37. The molecule has 1 heterocycles. The van der Waals surface area contributed by atoms with Gasteiger partial charge in [-0.3, -0.25) is 0 Å². The average Bonchev–Trinajstić information content (AvgIpc) is 2.17. The van der Waals surface area contributed by atoms with Gasteiger partial charge in [-0.25, -0.2) is 4.79 Å². The first kappa shape index (κ1) is 9.65. The molecular weight excluding hydrogens is 192 g/mol. The Hall–Kier alpha value is -1.90. The standard InChI is InChI=1S/C12H10O3/c1-8-6-12(14)15-11-7-9(4-5-13)2-3-10(8)11/h2-3,5-7H,4H2,1H3. The first-order valence-electron chi connectivity index (χ1n) is 4.68. The van der Waals surface area contributed by atoms with Crippen molar-refractivity contribution in [3.63, 3.8) is 0 Å². The summed E-state index contributed by atoms with van der Waals surface area (Å²) in [6, 6.07) is 6.93. The van der Waals surface area contributed by atoms with Crippen LogP contribution in [0, 0.1) is 6.92 Å². The zero-order chi connectivity index (χ0) is 10.8. The fourth-order valence-corrected chi connectivity index (χ4v) is 1.59. The zero-order valence-electron chi connectivity index (χ0n) is 8.32. The maximum absolute atomic E-state index is 11.1. The highest BCUT2D eigenvalue weighted by molar-refractivity contribution is 5.81. The molecule has 15 heavy (non-hydrogen) atoms. The van der Waals surface area contributed by atoms with Crippen LogP contribution in [0.5, 0.6) is 0 Å². The predicted octanol–water partition coefficient (Wildman–Crippen LogP) is 1.84. The lowest BCUT2D eigenvalue weighted by Crippen LogP contribution is -1.98. The van der Waals surface area contributed by atoms with Crippen molar-refractivity contribution in [1.82, 2.24) is 0 Å². The van der Waals surface area contributed by atoms with Crippen molar-refractivity contribution >= 4 is 17.3 Å². The molecule has 0 aliphatic rings. The van der Waals surface area contributed by atoms with Crippen LogP contribution in [0.2, 0.25) is 0 Å². The van der Waals surface area contributed by atoms with Gasteiger partial charge in [0.05, 0.1) is 0 Å². The lowest BCUT2D eigenvalue weighted by atomic mass is 10.1. The van der Waals surface area contributed by atoms with Crippen LogP contribution < -0.4 is 5.63 Å². The Morgan fingerprint density at radius 2 is 2.13 bits per heavy atom. The molecule has 76 valence electrons. The molecule has 0 radical (unpaired) electrons. The van der Waals surface area contributed by atoms with E-state index >= 15 is 0 Å². The molecule has 3 heteroatoms. The summed E-state index contributed by atoms with van der Waals surface area (Å²) in [6.45, 7) is 1.86. The van der Waals surface area contributed by atoms with E-state index in [1.165, 1.54) is 6.07 Å². The van der Waals surface area contributed by atoms with Crippen LogP contribution in [0.15, 0.2) is 33.5 Å². The van der Waals surface area contributed by atoms with Crippen LogP contribution in [0.1, 0.15) is 11.1 Å². The first-order valence-corrected chi connectivity index (χ1v) is 4.68. The second-order valence-corrected chi connectivity index (χ2v) is 3.45. The normalized spacial score (nSPS) is 10.5. The SMILES string of the molecule is Cc1cc(=O)oc2cc(CC=O)ccc12. The molecule has 0 fully saturated rings. The predicted molar refractivity (Wildman–Crippen MR) is 57.0 cm³/mol. The molecule has 0 spiro atoms. The van der Waals surface area contributed by atoms with Crippen LogP contribution in [0.3, 0.4) is 0 Å². The molecule has 0 unspecified atom stereocenters. The second kappa shape index (κ2) is 3.69. The summed E-state index contributed by atoms with van der Waals surface area (Å²) in [7, 11) is 0. The van der Waals surface area contributed by atoms with Gasteiger partial charge in [0.15, 0.2) is 0 Å². The minimum absolute atomic E-state index is 0.341. The van der Waals surface area contributed by atoms with Crippen molar-refractivity contribution in [1.29, 1.82) is 0 Å². The minimum Gasteiger partial charge on any atom is -0.423 e. The number of hydrogen-bond donors (Lipinski definition) is 0. The van der Waals surface area contributed by atoms with Crippen LogP contribution in [-0.2, 0) is 11.2 Å². The number of fused-ring (bicyclic) bond motifs is 1. The van der Waals surface area contributed by atoms with Crippen molar-refractivity contribution in [2.45, 2.75) is 13.3 Å². The van der Waals surface area contributed by atoms with Crippen molar-refractivity contribution < 1.29 is 9.21 Å². The van der Waals surface area contributed by atoms with Gasteiger partial charge in [-0.1, -0.05) is 12.1 Å². The number of benzene rings is 1. The van der Waals surface area contributed by atoms with Gasteiger partial charge in [0.1, 0.15) is 11.9 Å². The van der Waals surface area contributed by atoms with E-state index in [9.17, 15) is 9.59 Å². The monoisotopic (exact) mass is 202 g/mol. The fourth-order valence-electron chi connectivity index (χ4n) is 1.59. The van der Waals surface area contributed by atoms with Gasteiger partial charge in [-0.2, -0.15) is 0 Å². The van der Waals surface area contributed by atoms with Crippen molar-refractivity contribution in [3.05, 3.63) is 45.8 Å². The molecule has 3 nitrogen and oxygen atoms in total. The van der Waals surface area contributed by atoms with Gasteiger partial charge in [0.25, 0.3) is 0 Å². The summed E-state index contributed by atoms with van der Waals surface area (Å²) in [5, 5.41) is 0.907. The second-order valence-electron chi connectivity index (χ2n) is 3.45. The van der Waals surface area contributed by atoms with E-state index in [4.69, 9.17) is 4.42 Å². The van der Waals surface area contributed by atoms with Gasteiger partial charge in [0.2, 0.25) is 0 Å². The third-order valence-electron chi connectivity index (χ3n) is 2.33. The summed E-state index contributed by atoms with van der Waals surface area (Å²) >= 11 is 0. The summed E-state index contributed by atoms with van der Waals surface area (Å²) in [5.74, 6) is 0. The summed E-state index contributed by atoms with van der Waals surface area (Å²) in [6.07, 6.45) is 1.17. The van der Waals surface area contributed by atoms with Crippen molar-refractivity contribution in [2.75, 3.05) is 0 Å². The minimum atomic E-state index is -0.358. The van der Waals surface area contributed by atoms with E-state index in [2.05, 4.69) is 0 Å². The van der Waals surface area contributed by atoms with E-state index in [1.54, 1.807) is 6.07 Å². The highest BCUT2D eigenvalue weighted by Gasteiger charge is 2.02. The van der Waals surface area contributed by atoms with Gasteiger partial charge in [-0.15, -0.1) is 0 Å². The Morgan fingerprint density at radius 1 is 1.33 bits per heavy atom. The largest absolute Gasteiger partial charge is 0.423 e. The highest BCUT2D eigenvalue weighted by Crippen LogP contribution is 2.17. The molecule has 0 saturated heterocycles. The summed E-state index contributed by atoms with van der Waals surface area (Å²) in [4.78, 5) is 21.5. The van der Waals surface area contributed by atoms with E-state index in [1.807, 2.05) is 19.1 Å². The van der Waals surface area contributed by atoms with E-state index in [0.717, 1.165) is 22.8 Å². The Labute approximate surface area is 86.3 Å². The first-order chi connectivity index (χ1) is 7.20. The molecule has 1 aromatic heterocycles. The number of carbonyl (C=O) groups is 1.